The van der Waals surface area contributed by atoms with E-state index in [2.05, 4.69) is 15.7 Å². The van der Waals surface area contributed by atoms with Crippen LogP contribution in [0.5, 0.6) is 0 Å². The fourth-order valence-electron chi connectivity index (χ4n) is 2.69. The summed E-state index contributed by atoms with van der Waals surface area (Å²) in [5.74, 6) is 0.788. The van der Waals surface area contributed by atoms with Gasteiger partial charge in [-0.05, 0) is 44.0 Å². The van der Waals surface area contributed by atoms with Gasteiger partial charge < -0.3 is 10.6 Å². The Morgan fingerprint density at radius 1 is 1.32 bits per heavy atom. The highest BCUT2D eigenvalue weighted by Gasteiger charge is 2.15. The third-order valence-corrected chi connectivity index (χ3v) is 5.40. The first-order valence-corrected chi connectivity index (χ1v) is 11.7. The summed E-state index contributed by atoms with van der Waals surface area (Å²) < 4.78 is 24.6. The molecule has 0 radical (unpaired) electrons. The van der Waals surface area contributed by atoms with Crippen LogP contribution in [0.15, 0.2) is 47.7 Å². The van der Waals surface area contributed by atoms with Crippen LogP contribution < -0.4 is 10.6 Å². The van der Waals surface area contributed by atoms with Gasteiger partial charge in [0, 0.05) is 36.3 Å². The molecule has 2 rings (SSSR count). The number of rotatable bonds is 9. The number of guanidine groups is 1. The molecule has 2 N–H and O–H groups in total. The Balaban J connectivity index is 2.13. The Morgan fingerprint density at radius 2 is 2.04 bits per heavy atom. The Morgan fingerprint density at radius 3 is 2.61 bits per heavy atom. The van der Waals surface area contributed by atoms with Crippen LogP contribution in [0.3, 0.4) is 0 Å². The summed E-state index contributed by atoms with van der Waals surface area (Å²) in [6, 6.07) is 9.43. The third-order valence-electron chi connectivity index (χ3n) is 4.17. The summed E-state index contributed by atoms with van der Waals surface area (Å²) in [6.07, 6.45) is 5.41. The molecule has 0 aliphatic carbocycles. The fourth-order valence-corrected chi connectivity index (χ4v) is 3.59. The summed E-state index contributed by atoms with van der Waals surface area (Å²) in [5, 5.41) is 11.5. The molecule has 2 atom stereocenters. The van der Waals surface area contributed by atoms with Gasteiger partial charge in [0.1, 0.15) is 9.84 Å². The number of benzene rings is 1. The van der Waals surface area contributed by atoms with Crippen LogP contribution in [0, 0.1) is 0 Å². The van der Waals surface area contributed by atoms with Crippen LogP contribution in [0.2, 0.25) is 5.02 Å². The topological polar surface area (TPSA) is 88.4 Å². The number of aliphatic imine (C=N–C) groups is 1. The number of nitrogens with zero attached hydrogens (tertiary/aromatic N) is 3. The van der Waals surface area contributed by atoms with Crippen LogP contribution in [-0.2, 0) is 9.84 Å². The van der Waals surface area contributed by atoms with Gasteiger partial charge in [-0.25, -0.2) is 8.42 Å². The lowest BCUT2D eigenvalue weighted by molar-refractivity contribution is 0.528. The van der Waals surface area contributed by atoms with Crippen molar-refractivity contribution in [1.82, 2.24) is 20.4 Å². The standard InChI is InChI=1S/C19H28ClN5O2S/c1-4-21-19(24-15(2)10-13-28(3,26)27)22-14-18(25-12-5-11-23-25)16-6-8-17(20)9-7-16/h5-9,11-12,15,18H,4,10,13-14H2,1-3H3,(H2,21,22,24). The number of hydrogen-bond acceptors (Lipinski definition) is 4. The summed E-state index contributed by atoms with van der Waals surface area (Å²) in [5.41, 5.74) is 1.05. The second kappa shape index (κ2) is 10.5. The maximum atomic E-state index is 11.4. The second-order valence-corrected chi connectivity index (χ2v) is 9.43. The van der Waals surface area contributed by atoms with Crippen molar-refractivity contribution in [2.45, 2.75) is 32.4 Å². The minimum absolute atomic E-state index is 0.0220. The first-order chi connectivity index (χ1) is 13.3. The van der Waals surface area contributed by atoms with E-state index in [0.29, 0.717) is 30.5 Å². The molecule has 0 aliphatic heterocycles. The fraction of sp³-hybridized carbons (Fsp3) is 0.474. The van der Waals surface area contributed by atoms with Crippen molar-refractivity contribution >= 4 is 27.4 Å². The molecule has 0 fully saturated rings. The highest BCUT2D eigenvalue weighted by Crippen LogP contribution is 2.20. The number of hydrogen-bond donors (Lipinski definition) is 2. The lowest BCUT2D eigenvalue weighted by Crippen LogP contribution is -2.43. The average Bonchev–Trinajstić information content (AvgIpc) is 3.15. The molecule has 0 saturated carbocycles. The molecule has 1 heterocycles. The van der Waals surface area contributed by atoms with E-state index in [0.717, 1.165) is 5.56 Å². The zero-order valence-corrected chi connectivity index (χ0v) is 18.0. The molecule has 1 aromatic carbocycles. The molecule has 0 saturated heterocycles. The molecular weight excluding hydrogens is 398 g/mol. The van der Waals surface area contributed by atoms with E-state index < -0.39 is 9.84 Å². The third kappa shape index (κ3) is 7.52. The maximum absolute atomic E-state index is 11.4. The average molecular weight is 426 g/mol. The van der Waals surface area contributed by atoms with Gasteiger partial charge in [0.2, 0.25) is 0 Å². The monoisotopic (exact) mass is 425 g/mol. The highest BCUT2D eigenvalue weighted by atomic mass is 35.5. The van der Waals surface area contributed by atoms with Gasteiger partial charge in [0.15, 0.2) is 5.96 Å². The summed E-state index contributed by atoms with van der Waals surface area (Å²) in [6.45, 7) is 5.11. The predicted molar refractivity (Wildman–Crippen MR) is 115 cm³/mol. The van der Waals surface area contributed by atoms with Crippen molar-refractivity contribution in [3.05, 3.63) is 53.3 Å². The zero-order chi connectivity index (χ0) is 20.6. The van der Waals surface area contributed by atoms with Crippen LogP contribution in [0.1, 0.15) is 31.9 Å². The largest absolute Gasteiger partial charge is 0.357 e. The molecule has 1 aromatic heterocycles. The SMILES string of the molecule is CCNC(=NCC(c1ccc(Cl)cc1)n1cccn1)NC(C)CCS(C)(=O)=O. The van der Waals surface area contributed by atoms with E-state index in [4.69, 9.17) is 16.6 Å². The van der Waals surface area contributed by atoms with Crippen molar-refractivity contribution < 1.29 is 8.42 Å². The van der Waals surface area contributed by atoms with Crippen molar-refractivity contribution in [1.29, 1.82) is 0 Å². The molecule has 0 bridgehead atoms. The molecule has 0 amide bonds. The highest BCUT2D eigenvalue weighted by molar-refractivity contribution is 7.90. The van der Waals surface area contributed by atoms with Crippen molar-refractivity contribution in [2.75, 3.05) is 25.1 Å². The van der Waals surface area contributed by atoms with E-state index in [1.54, 1.807) is 6.20 Å². The van der Waals surface area contributed by atoms with Gasteiger partial charge in [-0.15, -0.1) is 0 Å². The van der Waals surface area contributed by atoms with E-state index in [1.165, 1.54) is 6.26 Å². The Bertz CT molecular complexity index is 851. The van der Waals surface area contributed by atoms with Gasteiger partial charge in [-0.2, -0.15) is 5.10 Å². The van der Waals surface area contributed by atoms with Crippen LogP contribution in [-0.4, -0.2) is 55.3 Å². The molecule has 0 spiro atoms. The summed E-state index contributed by atoms with van der Waals surface area (Å²) in [4.78, 5) is 4.70. The Labute approximate surface area is 172 Å². The molecule has 0 aliphatic rings. The number of aromatic nitrogens is 2. The van der Waals surface area contributed by atoms with Crippen molar-refractivity contribution in [3.63, 3.8) is 0 Å². The first kappa shape index (κ1) is 22.2. The molecule has 9 heteroatoms. The number of nitrogens with one attached hydrogen (secondary N) is 2. The van der Waals surface area contributed by atoms with Crippen LogP contribution in [0.25, 0.3) is 0 Å². The van der Waals surface area contributed by atoms with E-state index in [9.17, 15) is 8.42 Å². The van der Waals surface area contributed by atoms with Gasteiger partial charge in [-0.3, -0.25) is 9.67 Å². The normalized spacial score (nSPS) is 14.5. The molecular formula is C19H28ClN5O2S. The molecule has 28 heavy (non-hydrogen) atoms. The van der Waals surface area contributed by atoms with E-state index in [-0.39, 0.29) is 17.8 Å². The Kier molecular flexibility index (Phi) is 8.32. The minimum atomic E-state index is -2.98. The van der Waals surface area contributed by atoms with Gasteiger partial charge in [0.25, 0.3) is 0 Å². The summed E-state index contributed by atoms with van der Waals surface area (Å²) in [7, 11) is -2.98. The molecule has 154 valence electrons. The lowest BCUT2D eigenvalue weighted by Gasteiger charge is -2.20. The van der Waals surface area contributed by atoms with Gasteiger partial charge in [-0.1, -0.05) is 23.7 Å². The van der Waals surface area contributed by atoms with Crippen LogP contribution >= 0.6 is 11.6 Å². The number of halogens is 1. The van der Waals surface area contributed by atoms with Crippen molar-refractivity contribution in [3.8, 4) is 0 Å². The second-order valence-electron chi connectivity index (χ2n) is 6.74. The van der Waals surface area contributed by atoms with Crippen molar-refractivity contribution in [2.24, 2.45) is 4.99 Å². The van der Waals surface area contributed by atoms with Gasteiger partial charge in [0.05, 0.1) is 18.3 Å². The molecule has 2 unspecified atom stereocenters. The smallest absolute Gasteiger partial charge is 0.191 e. The van der Waals surface area contributed by atoms with E-state index >= 15 is 0 Å². The lowest BCUT2D eigenvalue weighted by atomic mass is 10.1. The summed E-state index contributed by atoms with van der Waals surface area (Å²) >= 11 is 6.02. The molecule has 2 aromatic rings. The molecule has 7 nitrogen and oxygen atoms in total. The van der Waals surface area contributed by atoms with E-state index in [1.807, 2.05) is 55.1 Å². The zero-order valence-electron chi connectivity index (χ0n) is 16.5. The maximum Gasteiger partial charge on any atom is 0.191 e. The first-order valence-electron chi connectivity index (χ1n) is 9.25. The minimum Gasteiger partial charge on any atom is -0.357 e. The predicted octanol–water partition coefficient (Wildman–Crippen LogP) is 2.50. The number of sulfone groups is 1. The van der Waals surface area contributed by atoms with Crippen LogP contribution in [0.4, 0.5) is 0 Å². The quantitative estimate of drug-likeness (QED) is 0.476. The Hall–Kier alpha value is -2.06. The van der Waals surface area contributed by atoms with Gasteiger partial charge >= 0.3 is 0 Å².